The van der Waals surface area contributed by atoms with Crippen molar-refractivity contribution in [1.29, 1.82) is 0 Å². The minimum atomic E-state index is -4.48. The number of hydrogen-bond acceptors (Lipinski definition) is 4. The first kappa shape index (κ1) is 15.3. The summed E-state index contributed by atoms with van der Waals surface area (Å²) < 4.78 is 37.6. The van der Waals surface area contributed by atoms with Crippen molar-refractivity contribution < 1.29 is 18.0 Å². The second-order valence-electron chi connectivity index (χ2n) is 4.12. The van der Waals surface area contributed by atoms with E-state index in [0.717, 1.165) is 16.7 Å². The number of hydrogen-bond donors (Lipinski definition) is 3. The van der Waals surface area contributed by atoms with Gasteiger partial charge in [0.15, 0.2) is 5.69 Å². The van der Waals surface area contributed by atoms with Crippen LogP contribution < -0.4 is 10.6 Å². The topological polar surface area (TPSA) is 82.7 Å². The number of nitrogens with one attached hydrogen (secondary N) is 3. The number of rotatable bonds is 4. The number of carbonyl (C=O) groups is 1. The quantitative estimate of drug-likeness (QED) is 0.809. The van der Waals surface area contributed by atoms with Crippen LogP contribution in [0, 0.1) is 0 Å². The molecule has 0 aliphatic rings. The third-order valence-electron chi connectivity index (χ3n) is 2.58. The Morgan fingerprint density at radius 2 is 2.29 bits per heavy atom. The summed E-state index contributed by atoms with van der Waals surface area (Å²) in [5, 5.41) is 12.4. The smallest absolute Gasteiger partial charge is 0.329 e. The van der Waals surface area contributed by atoms with Crippen molar-refractivity contribution in [1.82, 2.24) is 20.5 Å². The zero-order chi connectivity index (χ0) is 15.5. The molecule has 0 aromatic carbocycles. The van der Waals surface area contributed by atoms with E-state index in [4.69, 9.17) is 0 Å². The summed E-state index contributed by atoms with van der Waals surface area (Å²) in [5.41, 5.74) is -0.490. The van der Waals surface area contributed by atoms with Gasteiger partial charge >= 0.3 is 12.2 Å². The minimum Gasteiger partial charge on any atom is -0.329 e. The Morgan fingerprint density at radius 1 is 1.52 bits per heavy atom. The number of aromatic amines is 1. The average molecular weight is 319 g/mol. The zero-order valence-electron chi connectivity index (χ0n) is 10.9. The van der Waals surface area contributed by atoms with Crippen LogP contribution in [0.25, 0.3) is 0 Å². The van der Waals surface area contributed by atoms with Crippen LogP contribution in [-0.2, 0) is 6.18 Å². The molecule has 1 atom stereocenters. The predicted molar refractivity (Wildman–Crippen MR) is 70.9 cm³/mol. The SMILES string of the molecule is CC[C@H](NC(=O)Nc1cn[nH]c1)c1nc(C(F)(F)F)cs1. The molecule has 2 amide bonds. The molecule has 0 spiro atoms. The highest BCUT2D eigenvalue weighted by Crippen LogP contribution is 2.32. The number of carbonyl (C=O) groups excluding carboxylic acids is 1. The molecule has 0 aliphatic heterocycles. The number of alkyl halides is 3. The van der Waals surface area contributed by atoms with Crippen molar-refractivity contribution in [2.75, 3.05) is 5.32 Å². The fourth-order valence-corrected chi connectivity index (χ4v) is 2.52. The number of urea groups is 1. The average Bonchev–Trinajstić information content (AvgIpc) is 3.05. The van der Waals surface area contributed by atoms with Crippen molar-refractivity contribution in [2.24, 2.45) is 0 Å². The lowest BCUT2D eigenvalue weighted by atomic mass is 10.2. The second-order valence-corrected chi connectivity index (χ2v) is 5.00. The van der Waals surface area contributed by atoms with E-state index in [-0.39, 0.29) is 5.01 Å². The van der Waals surface area contributed by atoms with Crippen LogP contribution in [0.15, 0.2) is 17.8 Å². The number of thiazole rings is 1. The molecule has 3 N–H and O–H groups in total. The van der Waals surface area contributed by atoms with Gasteiger partial charge in [-0.25, -0.2) is 9.78 Å². The Morgan fingerprint density at radius 3 is 2.81 bits per heavy atom. The van der Waals surface area contributed by atoms with Crippen LogP contribution in [0.3, 0.4) is 0 Å². The number of halogens is 3. The largest absolute Gasteiger partial charge is 0.434 e. The Bertz CT molecular complexity index is 595. The van der Waals surface area contributed by atoms with Gasteiger partial charge in [-0.3, -0.25) is 5.10 Å². The van der Waals surface area contributed by atoms with Crippen LogP contribution in [0.4, 0.5) is 23.7 Å². The van der Waals surface area contributed by atoms with Gasteiger partial charge in [0, 0.05) is 11.6 Å². The monoisotopic (exact) mass is 319 g/mol. The highest BCUT2D eigenvalue weighted by Gasteiger charge is 2.34. The lowest BCUT2D eigenvalue weighted by Gasteiger charge is -2.14. The molecule has 2 rings (SSSR count). The molecule has 0 bridgehead atoms. The van der Waals surface area contributed by atoms with Crippen LogP contribution in [-0.4, -0.2) is 21.2 Å². The van der Waals surface area contributed by atoms with Gasteiger partial charge in [0.25, 0.3) is 0 Å². The summed E-state index contributed by atoms with van der Waals surface area (Å²) in [6.45, 7) is 1.75. The van der Waals surface area contributed by atoms with Crippen LogP contribution in [0.1, 0.15) is 30.1 Å². The van der Waals surface area contributed by atoms with E-state index in [1.54, 1.807) is 6.92 Å². The van der Waals surface area contributed by atoms with Crippen molar-refractivity contribution in [2.45, 2.75) is 25.6 Å². The fourth-order valence-electron chi connectivity index (χ4n) is 1.56. The standard InChI is InChI=1S/C11H12F3N5OS/c1-2-7(9-19-8(5-21-9)11(12,13)14)18-10(20)17-6-3-15-16-4-6/h3-5,7H,2H2,1H3,(H,15,16)(H2,17,18,20)/t7-/m0/s1. The molecular weight excluding hydrogens is 307 g/mol. The van der Waals surface area contributed by atoms with E-state index in [1.165, 1.54) is 12.4 Å². The van der Waals surface area contributed by atoms with Gasteiger partial charge in [-0.1, -0.05) is 6.92 Å². The molecule has 2 heterocycles. The van der Waals surface area contributed by atoms with Gasteiger partial charge in [-0.05, 0) is 6.42 Å². The number of H-pyrrole nitrogens is 1. The maximum atomic E-state index is 12.5. The van der Waals surface area contributed by atoms with Gasteiger partial charge < -0.3 is 10.6 Å². The molecule has 21 heavy (non-hydrogen) atoms. The molecule has 0 radical (unpaired) electrons. The lowest BCUT2D eigenvalue weighted by molar-refractivity contribution is -0.140. The summed E-state index contributed by atoms with van der Waals surface area (Å²) in [5.74, 6) is 0. The second kappa shape index (κ2) is 6.12. The Hall–Kier alpha value is -2.10. The maximum absolute atomic E-state index is 12.5. The van der Waals surface area contributed by atoms with Crippen LogP contribution in [0.2, 0.25) is 0 Å². The van der Waals surface area contributed by atoms with Crippen molar-refractivity contribution in [3.8, 4) is 0 Å². The van der Waals surface area contributed by atoms with E-state index >= 15 is 0 Å². The summed E-state index contributed by atoms with van der Waals surface area (Å²) in [6, 6.07) is -1.12. The molecule has 6 nitrogen and oxygen atoms in total. The van der Waals surface area contributed by atoms with E-state index in [2.05, 4.69) is 25.8 Å². The first-order valence-electron chi connectivity index (χ1n) is 5.99. The molecule has 10 heteroatoms. The molecule has 0 saturated carbocycles. The summed E-state index contributed by atoms with van der Waals surface area (Å²) in [4.78, 5) is 15.3. The third-order valence-corrected chi connectivity index (χ3v) is 3.54. The molecule has 0 aliphatic carbocycles. The predicted octanol–water partition coefficient (Wildman–Crippen LogP) is 3.16. The van der Waals surface area contributed by atoms with Crippen molar-refractivity contribution in [3.05, 3.63) is 28.5 Å². The number of nitrogens with zero attached hydrogens (tertiary/aromatic N) is 2. The molecule has 114 valence electrons. The molecule has 0 saturated heterocycles. The highest BCUT2D eigenvalue weighted by molar-refractivity contribution is 7.09. The highest BCUT2D eigenvalue weighted by atomic mass is 32.1. The first-order chi connectivity index (χ1) is 9.90. The van der Waals surface area contributed by atoms with Crippen molar-refractivity contribution in [3.63, 3.8) is 0 Å². The van der Waals surface area contributed by atoms with E-state index in [1.807, 2.05) is 0 Å². The Balaban J connectivity index is 2.02. The van der Waals surface area contributed by atoms with Crippen LogP contribution >= 0.6 is 11.3 Å². The molecule has 0 fully saturated rings. The molecule has 2 aromatic heterocycles. The summed E-state index contributed by atoms with van der Waals surface area (Å²) in [7, 11) is 0. The molecular formula is C11H12F3N5OS. The van der Waals surface area contributed by atoms with E-state index in [9.17, 15) is 18.0 Å². The van der Waals surface area contributed by atoms with Gasteiger partial charge in [-0.15, -0.1) is 11.3 Å². The van der Waals surface area contributed by atoms with E-state index < -0.39 is 23.9 Å². The Kier molecular flexibility index (Phi) is 4.46. The fraction of sp³-hybridized carbons (Fsp3) is 0.364. The summed E-state index contributed by atoms with van der Waals surface area (Å²) >= 11 is 0.867. The lowest BCUT2D eigenvalue weighted by Crippen LogP contribution is -2.32. The molecule has 0 unspecified atom stereocenters. The zero-order valence-corrected chi connectivity index (χ0v) is 11.7. The van der Waals surface area contributed by atoms with E-state index in [0.29, 0.717) is 12.1 Å². The van der Waals surface area contributed by atoms with Crippen LogP contribution in [0.5, 0.6) is 0 Å². The molecule has 2 aromatic rings. The number of amides is 2. The van der Waals surface area contributed by atoms with Gasteiger partial charge in [0.2, 0.25) is 0 Å². The third kappa shape index (κ3) is 3.94. The minimum absolute atomic E-state index is 0.215. The van der Waals surface area contributed by atoms with Gasteiger partial charge in [0.05, 0.1) is 17.9 Å². The Labute approximate surface area is 121 Å². The van der Waals surface area contributed by atoms with Gasteiger partial charge in [0.1, 0.15) is 5.01 Å². The summed E-state index contributed by atoms with van der Waals surface area (Å²) in [6.07, 6.45) is -1.17. The number of anilines is 1. The van der Waals surface area contributed by atoms with Gasteiger partial charge in [-0.2, -0.15) is 18.3 Å². The van der Waals surface area contributed by atoms with Crippen molar-refractivity contribution >= 4 is 23.1 Å². The normalized spacial score (nSPS) is 13.0. The number of aromatic nitrogens is 3. The first-order valence-corrected chi connectivity index (χ1v) is 6.87. The maximum Gasteiger partial charge on any atom is 0.434 e.